The van der Waals surface area contributed by atoms with E-state index >= 15 is 0 Å². The van der Waals surface area contributed by atoms with E-state index in [9.17, 15) is 13.2 Å². The van der Waals surface area contributed by atoms with E-state index in [1.165, 1.54) is 6.07 Å². The summed E-state index contributed by atoms with van der Waals surface area (Å²) in [4.78, 5) is 7.09. The van der Waals surface area contributed by atoms with E-state index in [0.717, 1.165) is 12.5 Å². The van der Waals surface area contributed by atoms with Crippen LogP contribution < -0.4 is 0 Å². The van der Waals surface area contributed by atoms with Gasteiger partial charge in [-0.15, -0.1) is 13.2 Å². The normalized spacial score (nSPS) is 12.3. The van der Waals surface area contributed by atoms with Crippen LogP contribution in [-0.4, -0.2) is 14.5 Å². The molecule has 0 saturated heterocycles. The van der Waals surface area contributed by atoms with Gasteiger partial charge < -0.3 is 0 Å². The van der Waals surface area contributed by atoms with Crippen LogP contribution >= 0.6 is 11.6 Å². The maximum absolute atomic E-state index is 12.3. The minimum atomic E-state index is -4.49. The highest BCUT2D eigenvalue weighted by molar-refractivity contribution is 6.33. The fourth-order valence-corrected chi connectivity index (χ4v) is 1.32. The molecule has 0 radical (unpaired) electrons. The summed E-state index contributed by atoms with van der Waals surface area (Å²) in [5, 5.41) is 0.199. The molecule has 0 N–H and O–H groups in total. The van der Waals surface area contributed by atoms with Gasteiger partial charge in [0.2, 0.25) is 0 Å². The van der Waals surface area contributed by atoms with Crippen LogP contribution in [0.25, 0.3) is 11.0 Å². The molecule has 7 heteroatoms. The van der Waals surface area contributed by atoms with Crippen molar-refractivity contribution in [3.8, 4) is 0 Å². The van der Waals surface area contributed by atoms with Crippen molar-refractivity contribution in [2.24, 2.45) is 0 Å². The Balaban J connectivity index is 2.76. The Labute approximate surface area is 81.1 Å². The first-order valence-corrected chi connectivity index (χ1v) is 3.92. The Morgan fingerprint density at radius 2 is 2.00 bits per heavy atom. The van der Waals surface area contributed by atoms with E-state index < -0.39 is 6.30 Å². The zero-order valence-corrected chi connectivity index (χ0v) is 7.34. The van der Waals surface area contributed by atoms with Gasteiger partial charge in [-0.2, -0.15) is 0 Å². The molecule has 0 aliphatic rings. The van der Waals surface area contributed by atoms with Crippen molar-refractivity contribution in [1.29, 1.82) is 0 Å². The lowest BCUT2D eigenvalue weighted by Gasteiger charge is -2.07. The van der Waals surface area contributed by atoms with E-state index in [4.69, 9.17) is 11.6 Å². The molecule has 0 saturated carbocycles. The van der Waals surface area contributed by atoms with Gasteiger partial charge in [-0.1, -0.05) is 11.6 Å². The van der Waals surface area contributed by atoms with Crippen molar-refractivity contribution in [3.63, 3.8) is 0 Å². The van der Waals surface area contributed by atoms with E-state index in [-0.39, 0.29) is 20.8 Å². The van der Waals surface area contributed by atoms with Crippen LogP contribution in [0, 0.1) is 0 Å². The molecule has 0 amide bonds. The Kier molecular flexibility index (Phi) is 1.88. The molecule has 14 heavy (non-hydrogen) atoms. The van der Waals surface area contributed by atoms with Gasteiger partial charge in [-0.05, 0) is 6.07 Å². The van der Waals surface area contributed by atoms with E-state index in [1.54, 1.807) is 0 Å². The van der Waals surface area contributed by atoms with Crippen molar-refractivity contribution in [1.82, 2.24) is 14.5 Å². The lowest BCUT2D eigenvalue weighted by Crippen LogP contribution is -2.15. The topological polar surface area (TPSA) is 30.7 Å². The van der Waals surface area contributed by atoms with Crippen molar-refractivity contribution in [2.75, 3.05) is 0 Å². The summed E-state index contributed by atoms with van der Waals surface area (Å²) >= 11 is 5.59. The summed E-state index contributed by atoms with van der Waals surface area (Å²) < 4.78 is 37.1. The molecule has 2 heterocycles. The molecular formula is C7H3ClF3N3. The molecule has 2 aromatic heterocycles. The average Bonchev–Trinajstić information content (AvgIpc) is 2.47. The fraction of sp³-hybridized carbons (Fsp3) is 0.143. The minimum absolute atomic E-state index is 0.0120. The molecule has 0 fully saturated rings. The van der Waals surface area contributed by atoms with E-state index in [1.807, 2.05) is 0 Å². The number of rotatable bonds is 0. The number of fused-ring (bicyclic) bond motifs is 1. The smallest absolute Gasteiger partial charge is 0.242 e. The van der Waals surface area contributed by atoms with Crippen molar-refractivity contribution >= 4 is 22.6 Å². The predicted molar refractivity (Wildman–Crippen MR) is 43.8 cm³/mol. The van der Waals surface area contributed by atoms with Gasteiger partial charge in [-0.3, -0.25) is 0 Å². The molecule has 74 valence electrons. The highest BCUT2D eigenvalue weighted by atomic mass is 35.5. The van der Waals surface area contributed by atoms with Crippen molar-refractivity contribution in [2.45, 2.75) is 6.30 Å². The first-order chi connectivity index (χ1) is 6.50. The molecule has 0 aromatic carbocycles. The third-order valence-corrected chi connectivity index (χ3v) is 2.01. The van der Waals surface area contributed by atoms with E-state index in [0.29, 0.717) is 0 Å². The molecule has 0 aliphatic heterocycles. The highest BCUT2D eigenvalue weighted by Crippen LogP contribution is 2.29. The second-order valence-corrected chi connectivity index (χ2v) is 2.91. The third kappa shape index (κ3) is 1.31. The molecule has 3 nitrogen and oxygen atoms in total. The highest BCUT2D eigenvalue weighted by Gasteiger charge is 2.32. The van der Waals surface area contributed by atoms with Crippen LogP contribution in [0.4, 0.5) is 13.2 Å². The van der Waals surface area contributed by atoms with Crippen LogP contribution in [-0.2, 0) is 6.30 Å². The zero-order chi connectivity index (χ0) is 10.3. The largest absolute Gasteiger partial charge is 0.490 e. The van der Waals surface area contributed by atoms with Crippen LogP contribution in [0.5, 0.6) is 0 Å². The van der Waals surface area contributed by atoms with Crippen LogP contribution in [0.2, 0.25) is 5.15 Å². The van der Waals surface area contributed by atoms with Gasteiger partial charge in [0.15, 0.2) is 5.65 Å². The second-order valence-electron chi connectivity index (χ2n) is 2.56. The summed E-state index contributed by atoms with van der Waals surface area (Å²) in [6.07, 6.45) is -2.63. The Bertz CT molecular complexity index is 476. The Morgan fingerprint density at radius 3 is 2.64 bits per heavy atom. The van der Waals surface area contributed by atoms with Gasteiger partial charge in [-0.25, -0.2) is 14.5 Å². The first-order valence-electron chi connectivity index (χ1n) is 3.55. The summed E-state index contributed by atoms with van der Waals surface area (Å²) in [7, 11) is 0. The lowest BCUT2D eigenvalue weighted by molar-refractivity contribution is -0.201. The van der Waals surface area contributed by atoms with Crippen LogP contribution in [0.15, 0.2) is 18.6 Å². The Morgan fingerprint density at radius 1 is 1.29 bits per heavy atom. The lowest BCUT2D eigenvalue weighted by atomic mass is 10.4. The molecule has 0 spiro atoms. The predicted octanol–water partition coefficient (Wildman–Crippen LogP) is 2.56. The standard InChI is InChI=1S/C7H3ClF3N3/c8-5-4-1-2-14(7(9,10)11)6(4)13-3-12-5/h1-3H. The van der Waals surface area contributed by atoms with Crippen molar-refractivity contribution < 1.29 is 13.2 Å². The molecule has 2 rings (SSSR count). The van der Waals surface area contributed by atoms with Gasteiger partial charge in [0.1, 0.15) is 11.5 Å². The fourth-order valence-electron chi connectivity index (χ4n) is 1.13. The first kappa shape index (κ1) is 9.26. The number of aromatic nitrogens is 3. The SMILES string of the molecule is FC(F)(F)n1ccc2c(Cl)ncnc21. The Hall–Kier alpha value is -1.30. The monoisotopic (exact) mass is 221 g/mol. The maximum atomic E-state index is 12.3. The van der Waals surface area contributed by atoms with Gasteiger partial charge in [0.25, 0.3) is 0 Å². The number of nitrogens with zero attached hydrogens (tertiary/aromatic N) is 3. The number of halogens is 4. The molecule has 0 atom stereocenters. The van der Waals surface area contributed by atoms with E-state index in [2.05, 4.69) is 9.97 Å². The van der Waals surface area contributed by atoms with Crippen LogP contribution in [0.3, 0.4) is 0 Å². The molecule has 2 aromatic rings. The van der Waals surface area contributed by atoms with Gasteiger partial charge >= 0.3 is 6.30 Å². The maximum Gasteiger partial charge on any atom is 0.490 e. The third-order valence-electron chi connectivity index (χ3n) is 1.71. The number of hydrogen-bond acceptors (Lipinski definition) is 2. The van der Waals surface area contributed by atoms with Crippen molar-refractivity contribution in [3.05, 3.63) is 23.7 Å². The quantitative estimate of drug-likeness (QED) is 0.640. The molecule has 0 aliphatic carbocycles. The molecule has 0 bridgehead atoms. The summed E-state index contributed by atoms with van der Waals surface area (Å²) in [6, 6.07) is 1.23. The average molecular weight is 222 g/mol. The zero-order valence-electron chi connectivity index (χ0n) is 6.59. The van der Waals surface area contributed by atoms with Gasteiger partial charge in [0.05, 0.1) is 5.39 Å². The summed E-state index contributed by atoms with van der Waals surface area (Å²) in [6.45, 7) is 0. The second kappa shape index (κ2) is 2.84. The summed E-state index contributed by atoms with van der Waals surface area (Å²) in [5.41, 5.74) is -0.238. The van der Waals surface area contributed by atoms with Gasteiger partial charge in [0, 0.05) is 6.20 Å². The van der Waals surface area contributed by atoms with Crippen LogP contribution in [0.1, 0.15) is 0 Å². The molecular weight excluding hydrogens is 219 g/mol. The number of alkyl halides is 3. The minimum Gasteiger partial charge on any atom is -0.242 e. The summed E-state index contributed by atoms with van der Waals surface area (Å²) in [5.74, 6) is 0. The molecule has 0 unspecified atom stereocenters. The number of hydrogen-bond donors (Lipinski definition) is 0.